The molecular formula is C18H20N4O4. The van der Waals surface area contributed by atoms with E-state index in [4.69, 9.17) is 10.4 Å². The van der Waals surface area contributed by atoms with Gasteiger partial charge >= 0.3 is 0 Å². The van der Waals surface area contributed by atoms with Gasteiger partial charge in [0.25, 0.3) is 11.8 Å². The molecule has 8 nitrogen and oxygen atoms in total. The molecule has 2 unspecified atom stereocenters. The van der Waals surface area contributed by atoms with Crippen LogP contribution in [0.25, 0.3) is 0 Å². The highest BCUT2D eigenvalue weighted by atomic mass is 16.5. The highest BCUT2D eigenvalue weighted by Crippen LogP contribution is 2.31. The summed E-state index contributed by atoms with van der Waals surface area (Å²) in [6, 6.07) is 17.0. The first-order chi connectivity index (χ1) is 12.4. The van der Waals surface area contributed by atoms with Crippen LogP contribution >= 0.6 is 0 Å². The van der Waals surface area contributed by atoms with Crippen LogP contribution in [0.1, 0.15) is 25.0 Å². The van der Waals surface area contributed by atoms with Gasteiger partial charge in [0, 0.05) is 0 Å². The van der Waals surface area contributed by atoms with Gasteiger partial charge in [-0.15, -0.1) is 0 Å². The Morgan fingerprint density at radius 3 is 1.31 bits per heavy atom. The molecule has 0 saturated heterocycles. The molecule has 2 aromatic carbocycles. The number of nitrogens with one attached hydrogen (secondary N) is 2. The van der Waals surface area contributed by atoms with Crippen molar-refractivity contribution in [1.82, 2.24) is 11.0 Å². The lowest BCUT2D eigenvalue weighted by Crippen LogP contribution is -2.42. The Balaban J connectivity index is 2.55. The summed E-state index contributed by atoms with van der Waals surface area (Å²) in [6.07, 6.45) is 0. The molecule has 0 aromatic heterocycles. The van der Waals surface area contributed by atoms with E-state index >= 15 is 0 Å². The average Bonchev–Trinajstić information content (AvgIpc) is 2.71. The van der Waals surface area contributed by atoms with E-state index in [0.717, 1.165) is 0 Å². The number of hydrogen-bond acceptors (Lipinski definition) is 6. The minimum Gasteiger partial charge on any atom is -0.289 e. The highest BCUT2D eigenvalue weighted by molar-refractivity contribution is 5.87. The van der Waals surface area contributed by atoms with Crippen LogP contribution < -0.4 is 11.0 Å². The van der Waals surface area contributed by atoms with E-state index in [9.17, 15) is 9.59 Å². The second-order valence-electron chi connectivity index (χ2n) is 5.96. The number of azo groups is 1. The summed E-state index contributed by atoms with van der Waals surface area (Å²) in [7, 11) is 0. The minimum absolute atomic E-state index is 0.468. The van der Waals surface area contributed by atoms with Crippen molar-refractivity contribution >= 4 is 11.8 Å². The van der Waals surface area contributed by atoms with Crippen molar-refractivity contribution in [3.63, 3.8) is 0 Å². The Morgan fingerprint density at radius 2 is 1.04 bits per heavy atom. The number of amides is 2. The monoisotopic (exact) mass is 356 g/mol. The number of rotatable bonds is 6. The lowest BCUT2D eigenvalue weighted by molar-refractivity contribution is -0.136. The van der Waals surface area contributed by atoms with Gasteiger partial charge in [0.2, 0.25) is 0 Å². The number of nitrogens with zero attached hydrogens (tertiary/aromatic N) is 2. The van der Waals surface area contributed by atoms with Crippen LogP contribution in [0.3, 0.4) is 0 Å². The number of carbonyl (C=O) groups is 2. The number of benzene rings is 2. The summed E-state index contributed by atoms with van der Waals surface area (Å²) in [5, 5.41) is 26.4. The molecule has 0 fully saturated rings. The van der Waals surface area contributed by atoms with Crippen molar-refractivity contribution in [1.29, 1.82) is 0 Å². The van der Waals surface area contributed by atoms with Gasteiger partial charge in [0.05, 0.1) is 0 Å². The molecule has 2 amide bonds. The lowest BCUT2D eigenvalue weighted by atomic mass is 9.91. The second kappa shape index (κ2) is 7.85. The van der Waals surface area contributed by atoms with Gasteiger partial charge in [-0.3, -0.25) is 20.0 Å². The van der Waals surface area contributed by atoms with Crippen molar-refractivity contribution in [2.24, 2.45) is 10.2 Å². The van der Waals surface area contributed by atoms with Gasteiger partial charge in [-0.1, -0.05) is 60.7 Å². The molecule has 0 heterocycles. The summed E-state index contributed by atoms with van der Waals surface area (Å²) >= 11 is 0. The molecule has 2 aromatic rings. The normalized spacial score (nSPS) is 15.7. The highest BCUT2D eigenvalue weighted by Gasteiger charge is 2.40. The molecule has 0 saturated carbocycles. The quantitative estimate of drug-likeness (QED) is 0.360. The van der Waals surface area contributed by atoms with Gasteiger partial charge in [-0.05, 0) is 25.0 Å². The van der Waals surface area contributed by atoms with Crippen molar-refractivity contribution in [2.75, 3.05) is 0 Å². The number of hydroxylamine groups is 2. The van der Waals surface area contributed by atoms with E-state index in [1.165, 1.54) is 13.8 Å². The summed E-state index contributed by atoms with van der Waals surface area (Å²) in [4.78, 5) is 24.5. The van der Waals surface area contributed by atoms with Crippen molar-refractivity contribution in [3.8, 4) is 0 Å². The van der Waals surface area contributed by atoms with Gasteiger partial charge in [0.15, 0.2) is 11.1 Å². The first-order valence-corrected chi connectivity index (χ1v) is 7.82. The van der Waals surface area contributed by atoms with E-state index in [2.05, 4.69) is 10.2 Å². The summed E-state index contributed by atoms with van der Waals surface area (Å²) in [5.41, 5.74) is 0.934. The van der Waals surface area contributed by atoms with E-state index < -0.39 is 22.9 Å². The lowest BCUT2D eigenvalue weighted by Gasteiger charge is -2.26. The molecule has 0 aliphatic carbocycles. The van der Waals surface area contributed by atoms with E-state index in [1.54, 1.807) is 71.6 Å². The van der Waals surface area contributed by atoms with E-state index in [1.807, 2.05) is 0 Å². The van der Waals surface area contributed by atoms with Crippen molar-refractivity contribution < 1.29 is 20.0 Å². The van der Waals surface area contributed by atoms with Crippen LogP contribution in [0.15, 0.2) is 70.9 Å². The van der Waals surface area contributed by atoms with Crippen LogP contribution in [-0.4, -0.2) is 22.2 Å². The smallest absolute Gasteiger partial charge is 0.277 e. The van der Waals surface area contributed by atoms with Crippen LogP contribution in [0.5, 0.6) is 0 Å². The molecule has 26 heavy (non-hydrogen) atoms. The molecule has 0 radical (unpaired) electrons. The Hall–Kier alpha value is -3.10. The zero-order valence-electron chi connectivity index (χ0n) is 14.4. The standard InChI is InChI=1S/C18H20N4O4/c1-17(15(23)19-25,13-9-5-3-6-10-13)21-22-18(2,16(24)20-26)14-11-7-4-8-12-14/h3-12,25-26H,1-2H3,(H,19,23)(H,20,24). The predicted molar refractivity (Wildman–Crippen MR) is 92.3 cm³/mol. The fraction of sp³-hybridized carbons (Fsp3) is 0.222. The summed E-state index contributed by atoms with van der Waals surface area (Å²) < 4.78 is 0. The summed E-state index contributed by atoms with van der Waals surface area (Å²) in [5.74, 6) is -1.63. The van der Waals surface area contributed by atoms with Gasteiger partial charge < -0.3 is 0 Å². The van der Waals surface area contributed by atoms with Gasteiger partial charge in [0.1, 0.15) is 0 Å². The molecule has 2 atom stereocenters. The maximum Gasteiger partial charge on any atom is 0.277 e. The van der Waals surface area contributed by atoms with Crippen molar-refractivity contribution in [3.05, 3.63) is 71.8 Å². The third kappa shape index (κ3) is 3.61. The predicted octanol–water partition coefficient (Wildman–Crippen LogP) is 2.28. The molecule has 136 valence electrons. The molecule has 2 rings (SSSR count). The third-order valence-corrected chi connectivity index (χ3v) is 4.21. The van der Waals surface area contributed by atoms with Crippen LogP contribution in [0.4, 0.5) is 0 Å². The first-order valence-electron chi connectivity index (χ1n) is 7.82. The van der Waals surface area contributed by atoms with Crippen LogP contribution in [-0.2, 0) is 20.7 Å². The van der Waals surface area contributed by atoms with Gasteiger partial charge in [-0.25, -0.2) is 11.0 Å². The van der Waals surface area contributed by atoms with Crippen molar-refractivity contribution in [2.45, 2.75) is 24.9 Å². The Labute approximate surface area is 150 Å². The Bertz CT molecular complexity index is 730. The first kappa shape index (κ1) is 19.2. The van der Waals surface area contributed by atoms with Crippen LogP contribution in [0, 0.1) is 0 Å². The fourth-order valence-corrected chi connectivity index (χ4v) is 2.41. The zero-order chi connectivity index (χ0) is 19.2. The largest absolute Gasteiger partial charge is 0.289 e. The number of hydrogen-bond donors (Lipinski definition) is 4. The molecule has 8 heteroatoms. The Morgan fingerprint density at radius 1 is 0.731 bits per heavy atom. The number of carbonyl (C=O) groups excluding carboxylic acids is 2. The summed E-state index contributed by atoms with van der Waals surface area (Å²) in [6.45, 7) is 2.92. The molecule has 0 spiro atoms. The van der Waals surface area contributed by atoms with Gasteiger partial charge in [-0.2, -0.15) is 10.2 Å². The molecular weight excluding hydrogens is 336 g/mol. The topological polar surface area (TPSA) is 123 Å². The maximum absolute atomic E-state index is 12.3. The zero-order valence-corrected chi connectivity index (χ0v) is 14.4. The average molecular weight is 356 g/mol. The molecule has 4 N–H and O–H groups in total. The minimum atomic E-state index is -1.58. The molecule has 0 aliphatic heterocycles. The third-order valence-electron chi connectivity index (χ3n) is 4.21. The van der Waals surface area contributed by atoms with E-state index in [-0.39, 0.29) is 0 Å². The van der Waals surface area contributed by atoms with Crippen LogP contribution in [0.2, 0.25) is 0 Å². The fourth-order valence-electron chi connectivity index (χ4n) is 2.41. The maximum atomic E-state index is 12.3. The SMILES string of the molecule is CC(N=NC(C)(C(=O)NO)c1ccccc1)(C(=O)NO)c1ccccc1. The van der Waals surface area contributed by atoms with E-state index in [0.29, 0.717) is 11.1 Å². The second-order valence-corrected chi connectivity index (χ2v) is 5.96. The molecule has 0 aliphatic rings. The molecule has 0 bridgehead atoms. The Kier molecular flexibility index (Phi) is 5.81.